The Kier molecular flexibility index (Phi) is 2.04. The third kappa shape index (κ3) is 1.30. The SMILES string of the molecule is CC(=O)c1cnc2cc(C)c(Cl)cn12. The van der Waals surface area contributed by atoms with Crippen molar-refractivity contribution in [2.45, 2.75) is 13.8 Å². The molecule has 2 aromatic heterocycles. The molecule has 14 heavy (non-hydrogen) atoms. The first-order chi connectivity index (χ1) is 6.59. The fourth-order valence-corrected chi connectivity index (χ4v) is 1.51. The minimum absolute atomic E-state index is 0.0163. The number of ketones is 1. The second-order valence-corrected chi connectivity index (χ2v) is 3.64. The molecule has 0 fully saturated rings. The number of hydrogen-bond donors (Lipinski definition) is 0. The van der Waals surface area contributed by atoms with Gasteiger partial charge >= 0.3 is 0 Å². The number of imidazole rings is 1. The minimum atomic E-state index is -0.0163. The molecule has 0 aliphatic carbocycles. The van der Waals surface area contributed by atoms with Crippen LogP contribution in [0.2, 0.25) is 5.02 Å². The van der Waals surface area contributed by atoms with Gasteiger partial charge in [-0.05, 0) is 18.6 Å². The van der Waals surface area contributed by atoms with Gasteiger partial charge in [0.15, 0.2) is 5.78 Å². The molecule has 0 saturated carbocycles. The monoisotopic (exact) mass is 208 g/mol. The number of carbonyl (C=O) groups excluding carboxylic acids is 1. The summed E-state index contributed by atoms with van der Waals surface area (Å²) in [5.74, 6) is -0.0163. The Balaban J connectivity index is 2.80. The molecule has 2 aromatic rings. The Labute approximate surface area is 86.3 Å². The summed E-state index contributed by atoms with van der Waals surface area (Å²) in [6.45, 7) is 3.42. The summed E-state index contributed by atoms with van der Waals surface area (Å²) in [5.41, 5.74) is 2.26. The maximum Gasteiger partial charge on any atom is 0.178 e. The van der Waals surface area contributed by atoms with Crippen molar-refractivity contribution < 1.29 is 4.79 Å². The zero-order chi connectivity index (χ0) is 10.3. The minimum Gasteiger partial charge on any atom is -0.296 e. The number of aryl methyl sites for hydroxylation is 1. The first-order valence-electron chi connectivity index (χ1n) is 4.24. The molecular formula is C10H9ClN2O. The number of Topliss-reactive ketones (excluding diaryl/α,β-unsaturated/α-hetero) is 1. The van der Waals surface area contributed by atoms with E-state index < -0.39 is 0 Å². The van der Waals surface area contributed by atoms with E-state index in [1.165, 1.54) is 6.92 Å². The highest BCUT2D eigenvalue weighted by Crippen LogP contribution is 2.18. The summed E-state index contributed by atoms with van der Waals surface area (Å²) in [7, 11) is 0. The van der Waals surface area contributed by atoms with Gasteiger partial charge in [-0.1, -0.05) is 11.6 Å². The molecule has 0 atom stereocenters. The average molecular weight is 209 g/mol. The maximum absolute atomic E-state index is 11.2. The normalized spacial score (nSPS) is 10.8. The summed E-state index contributed by atoms with van der Waals surface area (Å²) >= 11 is 5.96. The molecule has 2 heterocycles. The van der Waals surface area contributed by atoms with E-state index in [4.69, 9.17) is 11.6 Å². The van der Waals surface area contributed by atoms with Crippen molar-refractivity contribution in [3.05, 3.63) is 34.7 Å². The topological polar surface area (TPSA) is 34.4 Å². The number of aromatic nitrogens is 2. The van der Waals surface area contributed by atoms with Gasteiger partial charge in [0.25, 0.3) is 0 Å². The van der Waals surface area contributed by atoms with Crippen LogP contribution in [0.15, 0.2) is 18.5 Å². The van der Waals surface area contributed by atoms with Gasteiger partial charge in [0.05, 0.1) is 11.2 Å². The zero-order valence-electron chi connectivity index (χ0n) is 7.91. The molecule has 0 N–H and O–H groups in total. The number of nitrogens with zero attached hydrogens (tertiary/aromatic N) is 2. The molecule has 0 radical (unpaired) electrons. The molecule has 0 bridgehead atoms. The molecule has 4 heteroatoms. The van der Waals surface area contributed by atoms with Gasteiger partial charge in [-0.2, -0.15) is 0 Å². The Morgan fingerprint density at radius 1 is 1.57 bits per heavy atom. The van der Waals surface area contributed by atoms with Crippen molar-refractivity contribution in [2.24, 2.45) is 0 Å². The van der Waals surface area contributed by atoms with Gasteiger partial charge in [-0.15, -0.1) is 0 Å². The lowest BCUT2D eigenvalue weighted by Crippen LogP contribution is -1.98. The van der Waals surface area contributed by atoms with Crippen LogP contribution in [0.3, 0.4) is 0 Å². The second kappa shape index (κ2) is 3.10. The van der Waals surface area contributed by atoms with Crippen LogP contribution in [0, 0.1) is 6.92 Å². The second-order valence-electron chi connectivity index (χ2n) is 3.23. The number of halogens is 1. The number of pyridine rings is 1. The van der Waals surface area contributed by atoms with Crippen LogP contribution < -0.4 is 0 Å². The lowest BCUT2D eigenvalue weighted by molar-refractivity contribution is 0.101. The molecule has 0 saturated heterocycles. The van der Waals surface area contributed by atoms with Crippen LogP contribution in [0.25, 0.3) is 5.65 Å². The van der Waals surface area contributed by atoms with Crippen molar-refractivity contribution in [1.82, 2.24) is 9.38 Å². The van der Waals surface area contributed by atoms with E-state index in [0.717, 1.165) is 11.2 Å². The fourth-order valence-electron chi connectivity index (χ4n) is 1.36. The van der Waals surface area contributed by atoms with Gasteiger partial charge in [-0.3, -0.25) is 9.20 Å². The molecule has 0 amide bonds. The zero-order valence-corrected chi connectivity index (χ0v) is 8.67. The predicted octanol–water partition coefficient (Wildman–Crippen LogP) is 2.50. The van der Waals surface area contributed by atoms with Crippen molar-refractivity contribution in [2.75, 3.05) is 0 Å². The molecule has 0 aliphatic heterocycles. The quantitative estimate of drug-likeness (QED) is 0.675. The third-order valence-electron chi connectivity index (χ3n) is 2.15. The van der Waals surface area contributed by atoms with Gasteiger partial charge in [-0.25, -0.2) is 4.98 Å². The van der Waals surface area contributed by atoms with E-state index in [2.05, 4.69) is 4.98 Å². The van der Waals surface area contributed by atoms with E-state index in [9.17, 15) is 4.79 Å². The number of rotatable bonds is 1. The van der Waals surface area contributed by atoms with Crippen molar-refractivity contribution >= 4 is 23.0 Å². The summed E-state index contributed by atoms with van der Waals surface area (Å²) in [5, 5.41) is 0.637. The Morgan fingerprint density at radius 2 is 2.29 bits per heavy atom. The molecule has 2 rings (SSSR count). The molecule has 0 unspecified atom stereocenters. The van der Waals surface area contributed by atoms with Gasteiger partial charge in [0.2, 0.25) is 0 Å². The number of carbonyl (C=O) groups is 1. The molecular weight excluding hydrogens is 200 g/mol. The maximum atomic E-state index is 11.2. The van der Waals surface area contributed by atoms with E-state index in [1.54, 1.807) is 16.8 Å². The summed E-state index contributed by atoms with van der Waals surface area (Å²) < 4.78 is 1.71. The third-order valence-corrected chi connectivity index (χ3v) is 2.55. The standard InChI is InChI=1S/C10H9ClN2O/c1-6-3-10-12-4-9(7(2)14)13(10)5-8(6)11/h3-5H,1-2H3. The van der Waals surface area contributed by atoms with Crippen LogP contribution in [0.5, 0.6) is 0 Å². The van der Waals surface area contributed by atoms with Crippen molar-refractivity contribution in [3.63, 3.8) is 0 Å². The largest absolute Gasteiger partial charge is 0.296 e. The van der Waals surface area contributed by atoms with Crippen molar-refractivity contribution in [1.29, 1.82) is 0 Å². The van der Waals surface area contributed by atoms with Gasteiger partial charge in [0.1, 0.15) is 11.3 Å². The highest BCUT2D eigenvalue weighted by atomic mass is 35.5. The smallest absolute Gasteiger partial charge is 0.178 e. The lowest BCUT2D eigenvalue weighted by atomic mass is 10.3. The predicted molar refractivity (Wildman–Crippen MR) is 54.9 cm³/mol. The summed E-state index contributed by atoms with van der Waals surface area (Å²) in [6, 6.07) is 1.86. The highest BCUT2D eigenvalue weighted by Gasteiger charge is 2.08. The van der Waals surface area contributed by atoms with Crippen LogP contribution in [-0.4, -0.2) is 15.2 Å². The molecule has 0 spiro atoms. The van der Waals surface area contributed by atoms with Gasteiger partial charge < -0.3 is 0 Å². The first kappa shape index (κ1) is 9.21. The summed E-state index contributed by atoms with van der Waals surface area (Å²) in [6.07, 6.45) is 3.28. The van der Waals surface area contributed by atoms with E-state index >= 15 is 0 Å². The summed E-state index contributed by atoms with van der Waals surface area (Å²) in [4.78, 5) is 15.3. The highest BCUT2D eigenvalue weighted by molar-refractivity contribution is 6.31. The van der Waals surface area contributed by atoms with Crippen LogP contribution in [-0.2, 0) is 0 Å². The van der Waals surface area contributed by atoms with Crippen LogP contribution in [0.1, 0.15) is 23.0 Å². The molecule has 0 aromatic carbocycles. The Morgan fingerprint density at radius 3 is 2.93 bits per heavy atom. The number of fused-ring (bicyclic) bond motifs is 1. The first-order valence-corrected chi connectivity index (χ1v) is 4.61. The number of hydrogen-bond acceptors (Lipinski definition) is 2. The van der Waals surface area contributed by atoms with E-state index in [1.807, 2.05) is 13.0 Å². The van der Waals surface area contributed by atoms with Gasteiger partial charge in [0, 0.05) is 13.1 Å². The average Bonchev–Trinajstić information content (AvgIpc) is 2.48. The van der Waals surface area contributed by atoms with Crippen molar-refractivity contribution in [3.8, 4) is 0 Å². The van der Waals surface area contributed by atoms with E-state index in [-0.39, 0.29) is 5.78 Å². The van der Waals surface area contributed by atoms with E-state index in [0.29, 0.717) is 10.7 Å². The lowest BCUT2D eigenvalue weighted by Gasteiger charge is -2.01. The molecule has 72 valence electrons. The fraction of sp³-hybridized carbons (Fsp3) is 0.200. The Bertz CT molecular complexity index is 516. The molecule has 3 nitrogen and oxygen atoms in total. The van der Waals surface area contributed by atoms with Crippen LogP contribution >= 0.6 is 11.6 Å². The van der Waals surface area contributed by atoms with Crippen LogP contribution in [0.4, 0.5) is 0 Å². The molecule has 0 aliphatic rings. The Hall–Kier alpha value is -1.35.